The Morgan fingerprint density at radius 1 is 0.714 bits per heavy atom. The van der Waals surface area contributed by atoms with Crippen molar-refractivity contribution in [3.05, 3.63) is 29.8 Å². The predicted molar refractivity (Wildman–Crippen MR) is 87.6 cm³/mol. The highest BCUT2D eigenvalue weighted by Gasteiger charge is 2.31. The third-order valence-electron chi connectivity index (χ3n) is 3.57. The van der Waals surface area contributed by atoms with Crippen LogP contribution in [-0.4, -0.2) is 38.6 Å². The maximum atomic E-state index is 9.10. The molecule has 0 aliphatic carbocycles. The van der Waals surface area contributed by atoms with Gasteiger partial charge < -0.3 is 20.3 Å². The summed E-state index contributed by atoms with van der Waals surface area (Å²) in [5.41, 5.74) is -0.177. The van der Waals surface area contributed by atoms with E-state index >= 15 is 0 Å². The van der Waals surface area contributed by atoms with Crippen LogP contribution >= 0.6 is 0 Å². The zero-order chi connectivity index (χ0) is 17.1. The molecule has 4 nitrogen and oxygen atoms in total. The Morgan fingerprint density at radius 2 is 1.05 bits per heavy atom. The van der Waals surface area contributed by atoms with Crippen molar-refractivity contribution < 1.29 is 20.3 Å². The molecule has 0 aliphatic rings. The highest BCUT2D eigenvalue weighted by atomic mass is 16.4. The molecule has 1 aromatic carbocycles. The maximum absolute atomic E-state index is 9.10. The summed E-state index contributed by atoms with van der Waals surface area (Å²) in [6, 6.07) is 7.33. The van der Waals surface area contributed by atoms with Gasteiger partial charge in [0.15, 0.2) is 0 Å². The second kappa shape index (κ2) is 6.92. The fraction of sp³-hybridized carbons (Fsp3) is 0.625. The lowest BCUT2D eigenvalue weighted by molar-refractivity contribution is -0.107. The van der Waals surface area contributed by atoms with Gasteiger partial charge in [-0.15, -0.1) is 0 Å². The van der Waals surface area contributed by atoms with E-state index in [2.05, 4.69) is 20.8 Å². The normalized spacial score (nSPS) is 12.5. The highest BCUT2D eigenvalue weighted by Crippen LogP contribution is 2.20. The van der Waals surface area contributed by atoms with Crippen molar-refractivity contribution >= 4 is 12.6 Å². The number of hydrogen-bond acceptors (Lipinski definition) is 4. The average Bonchev–Trinajstić information content (AvgIpc) is 2.26. The predicted octanol–water partition coefficient (Wildman–Crippen LogP) is 1.19. The quantitative estimate of drug-likeness (QED) is 0.618. The number of rotatable bonds is 2. The van der Waals surface area contributed by atoms with Crippen LogP contribution in [-0.2, 0) is 5.41 Å². The van der Waals surface area contributed by atoms with Crippen molar-refractivity contribution in [2.24, 2.45) is 0 Å². The molecule has 0 aliphatic heterocycles. The summed E-state index contributed by atoms with van der Waals surface area (Å²) in [7, 11) is -1.37. The van der Waals surface area contributed by atoms with E-state index in [1.165, 1.54) is 5.56 Å². The van der Waals surface area contributed by atoms with E-state index in [0.717, 1.165) is 0 Å². The van der Waals surface area contributed by atoms with Gasteiger partial charge in [-0.05, 0) is 44.1 Å². The Labute approximate surface area is 128 Å². The SMILES string of the molecule is CC(C)(C)c1ccc(B(O)O)cc1.CC(C)(O)C(C)(C)O. The van der Waals surface area contributed by atoms with E-state index in [4.69, 9.17) is 20.3 Å². The van der Waals surface area contributed by atoms with Crippen LogP contribution in [0.4, 0.5) is 0 Å². The van der Waals surface area contributed by atoms with Crippen molar-refractivity contribution in [1.82, 2.24) is 0 Å². The first-order valence-electron chi connectivity index (χ1n) is 7.07. The molecule has 0 bridgehead atoms. The first-order chi connectivity index (χ1) is 9.16. The van der Waals surface area contributed by atoms with Crippen molar-refractivity contribution in [2.75, 3.05) is 0 Å². The lowest BCUT2D eigenvalue weighted by Crippen LogP contribution is -2.44. The molecular formula is C16H29BO4. The minimum Gasteiger partial charge on any atom is -0.423 e. The van der Waals surface area contributed by atoms with E-state index < -0.39 is 18.3 Å². The van der Waals surface area contributed by atoms with Gasteiger partial charge in [-0.25, -0.2) is 0 Å². The molecule has 0 aromatic heterocycles. The lowest BCUT2D eigenvalue weighted by atomic mass is 9.78. The third kappa shape index (κ3) is 7.09. The van der Waals surface area contributed by atoms with Crippen molar-refractivity contribution in [3.8, 4) is 0 Å². The fourth-order valence-electron chi connectivity index (χ4n) is 1.16. The van der Waals surface area contributed by atoms with Gasteiger partial charge in [0.25, 0.3) is 0 Å². The van der Waals surface area contributed by atoms with E-state index in [1.54, 1.807) is 39.8 Å². The molecule has 1 rings (SSSR count). The Bertz CT molecular complexity index is 408. The topological polar surface area (TPSA) is 80.9 Å². The first kappa shape index (κ1) is 20.1. The van der Waals surface area contributed by atoms with Gasteiger partial charge in [-0.3, -0.25) is 0 Å². The summed E-state index contributed by atoms with van der Waals surface area (Å²) in [5.74, 6) is 0. The van der Waals surface area contributed by atoms with Crippen LogP contribution < -0.4 is 5.46 Å². The summed E-state index contributed by atoms with van der Waals surface area (Å²) in [5, 5.41) is 36.0. The van der Waals surface area contributed by atoms with Gasteiger partial charge >= 0.3 is 7.12 Å². The molecule has 120 valence electrons. The minimum absolute atomic E-state index is 0.110. The number of aliphatic hydroxyl groups is 2. The molecule has 0 unspecified atom stereocenters. The van der Waals surface area contributed by atoms with Crippen LogP contribution in [0.2, 0.25) is 0 Å². The van der Waals surface area contributed by atoms with E-state index in [9.17, 15) is 0 Å². The minimum atomic E-state index is -1.37. The summed E-state index contributed by atoms with van der Waals surface area (Å²) in [6.07, 6.45) is 0. The standard InChI is InChI=1S/C10H15BO2.C6H14O2/c1-10(2,3)8-4-6-9(7-5-8)11(12)13;1-5(2,7)6(3,4)8/h4-7,12-13H,1-3H3;7-8H,1-4H3. The Kier molecular flexibility index (Phi) is 6.63. The molecule has 0 heterocycles. The Balaban J connectivity index is 0.000000433. The number of hydrogen-bond donors (Lipinski definition) is 4. The van der Waals surface area contributed by atoms with E-state index in [0.29, 0.717) is 5.46 Å². The van der Waals surface area contributed by atoms with Crippen LogP contribution in [0.5, 0.6) is 0 Å². The molecule has 0 fully saturated rings. The first-order valence-corrected chi connectivity index (χ1v) is 7.07. The van der Waals surface area contributed by atoms with E-state index in [-0.39, 0.29) is 5.41 Å². The van der Waals surface area contributed by atoms with Gasteiger partial charge in [0, 0.05) is 0 Å². The molecule has 0 saturated carbocycles. The van der Waals surface area contributed by atoms with Crippen molar-refractivity contribution in [1.29, 1.82) is 0 Å². The number of benzene rings is 1. The summed E-state index contributed by atoms with van der Waals surface area (Å²) >= 11 is 0. The van der Waals surface area contributed by atoms with Gasteiger partial charge in [0.2, 0.25) is 0 Å². The van der Waals surface area contributed by atoms with Crippen LogP contribution in [0, 0.1) is 0 Å². The smallest absolute Gasteiger partial charge is 0.423 e. The largest absolute Gasteiger partial charge is 0.488 e. The van der Waals surface area contributed by atoms with Gasteiger partial charge in [-0.1, -0.05) is 45.0 Å². The third-order valence-corrected chi connectivity index (χ3v) is 3.57. The van der Waals surface area contributed by atoms with Gasteiger partial charge in [-0.2, -0.15) is 0 Å². The Hall–Kier alpha value is -0.875. The highest BCUT2D eigenvalue weighted by molar-refractivity contribution is 6.58. The molecule has 0 atom stereocenters. The van der Waals surface area contributed by atoms with Crippen LogP contribution in [0.25, 0.3) is 0 Å². The van der Waals surface area contributed by atoms with Crippen molar-refractivity contribution in [2.45, 2.75) is 65.1 Å². The molecule has 0 spiro atoms. The average molecular weight is 296 g/mol. The second-order valence-electron chi connectivity index (χ2n) is 7.36. The van der Waals surface area contributed by atoms with E-state index in [1.807, 2.05) is 12.1 Å². The van der Waals surface area contributed by atoms with Crippen LogP contribution in [0.15, 0.2) is 24.3 Å². The molecular weight excluding hydrogens is 267 g/mol. The van der Waals surface area contributed by atoms with Gasteiger partial charge in [0.05, 0.1) is 11.2 Å². The molecule has 0 radical (unpaired) electrons. The monoisotopic (exact) mass is 296 g/mol. The summed E-state index contributed by atoms with van der Waals surface area (Å²) in [6.45, 7) is 12.7. The van der Waals surface area contributed by atoms with Crippen LogP contribution in [0.3, 0.4) is 0 Å². The van der Waals surface area contributed by atoms with Crippen LogP contribution in [0.1, 0.15) is 54.0 Å². The molecule has 1 aromatic rings. The molecule has 0 saturated heterocycles. The zero-order valence-corrected chi connectivity index (χ0v) is 14.2. The zero-order valence-electron chi connectivity index (χ0n) is 14.2. The second-order valence-corrected chi connectivity index (χ2v) is 7.36. The van der Waals surface area contributed by atoms with Gasteiger partial charge in [0.1, 0.15) is 0 Å². The fourth-order valence-corrected chi connectivity index (χ4v) is 1.16. The molecule has 21 heavy (non-hydrogen) atoms. The molecule has 0 amide bonds. The summed E-state index contributed by atoms with van der Waals surface area (Å²) in [4.78, 5) is 0. The molecule has 5 heteroatoms. The maximum Gasteiger partial charge on any atom is 0.488 e. The summed E-state index contributed by atoms with van der Waals surface area (Å²) < 4.78 is 0. The molecule has 4 N–H and O–H groups in total. The van der Waals surface area contributed by atoms with Crippen molar-refractivity contribution in [3.63, 3.8) is 0 Å². The Morgan fingerprint density at radius 3 is 1.24 bits per heavy atom. The lowest BCUT2D eigenvalue weighted by Gasteiger charge is -2.31.